The third kappa shape index (κ3) is 6.25. The summed E-state index contributed by atoms with van der Waals surface area (Å²) in [5, 5.41) is 7.79. The number of hydrogen-bond acceptors (Lipinski definition) is 4. The molecule has 2 N–H and O–H groups in total. The summed E-state index contributed by atoms with van der Waals surface area (Å²) in [6.45, 7) is 12.5. The highest BCUT2D eigenvalue weighted by molar-refractivity contribution is 6.31. The summed E-state index contributed by atoms with van der Waals surface area (Å²) < 4.78 is 13.4. The molecule has 0 radical (unpaired) electrons. The van der Waals surface area contributed by atoms with Gasteiger partial charge >= 0.3 is 0 Å². The Balaban J connectivity index is 1.26. The third-order valence-electron chi connectivity index (χ3n) is 6.51. The molecule has 2 heterocycles. The Bertz CT molecular complexity index is 926. The third-order valence-corrected chi connectivity index (χ3v) is 6.86. The summed E-state index contributed by atoms with van der Waals surface area (Å²) in [6.07, 6.45) is 2.84. The number of rotatable bonds is 7. The van der Waals surface area contributed by atoms with Gasteiger partial charge < -0.3 is 15.5 Å². The Labute approximate surface area is 196 Å². The highest BCUT2D eigenvalue weighted by atomic mass is 35.5. The first-order chi connectivity index (χ1) is 15.5. The van der Waals surface area contributed by atoms with Crippen LogP contribution in [0.15, 0.2) is 54.7 Å². The molecule has 4 nitrogen and oxygen atoms in total. The van der Waals surface area contributed by atoms with Crippen molar-refractivity contribution in [1.82, 2.24) is 15.1 Å². The van der Waals surface area contributed by atoms with Gasteiger partial charge in [-0.25, -0.2) is 4.39 Å². The lowest BCUT2D eigenvalue weighted by molar-refractivity contribution is 0.199. The maximum atomic E-state index is 13.4. The second-order valence-electron chi connectivity index (χ2n) is 9.18. The number of nitrogens with zero attached hydrogens (tertiary/aromatic N) is 2. The van der Waals surface area contributed by atoms with Gasteiger partial charge in [0, 0.05) is 74.2 Å². The van der Waals surface area contributed by atoms with Gasteiger partial charge in [0.2, 0.25) is 0 Å². The van der Waals surface area contributed by atoms with Crippen LogP contribution in [-0.4, -0.2) is 54.6 Å². The first kappa shape index (κ1) is 23.1. The number of hydrogen-bond donors (Lipinski definition) is 2. The number of anilines is 1. The molecule has 0 unspecified atom stereocenters. The van der Waals surface area contributed by atoms with Gasteiger partial charge in [0.15, 0.2) is 0 Å². The molecule has 2 fully saturated rings. The molecule has 0 amide bonds. The maximum Gasteiger partial charge on any atom is 0.125 e. The molecule has 4 rings (SSSR count). The van der Waals surface area contributed by atoms with Gasteiger partial charge in [-0.3, -0.25) is 4.90 Å². The van der Waals surface area contributed by atoms with Crippen molar-refractivity contribution in [3.8, 4) is 0 Å². The maximum absolute atomic E-state index is 13.4. The Morgan fingerprint density at radius 2 is 2.00 bits per heavy atom. The zero-order valence-electron chi connectivity index (χ0n) is 18.9. The normalized spacial score (nSPS) is 20.3. The lowest BCUT2D eigenvalue weighted by Crippen LogP contribution is -2.48. The minimum Gasteiger partial charge on any atom is -0.382 e. The molecule has 32 heavy (non-hydrogen) atoms. The molecule has 0 aliphatic carbocycles. The van der Waals surface area contributed by atoms with Gasteiger partial charge in [0.1, 0.15) is 5.82 Å². The van der Waals surface area contributed by atoms with E-state index in [2.05, 4.69) is 52.1 Å². The first-order valence-electron chi connectivity index (χ1n) is 11.6. The van der Waals surface area contributed by atoms with Crippen LogP contribution in [0.25, 0.3) is 0 Å². The smallest absolute Gasteiger partial charge is 0.125 e. The summed E-state index contributed by atoms with van der Waals surface area (Å²) in [4.78, 5) is 4.83. The summed E-state index contributed by atoms with van der Waals surface area (Å²) in [7, 11) is 0. The van der Waals surface area contributed by atoms with Crippen LogP contribution in [0, 0.1) is 5.82 Å². The van der Waals surface area contributed by atoms with Crippen molar-refractivity contribution in [3.05, 3.63) is 76.7 Å². The lowest BCUT2D eigenvalue weighted by atomic mass is 10.0. The van der Waals surface area contributed by atoms with Crippen molar-refractivity contribution in [2.75, 3.05) is 38.0 Å². The number of piperazine rings is 1. The summed E-state index contributed by atoms with van der Waals surface area (Å²) in [5.41, 5.74) is 4.39. The monoisotopic (exact) mass is 456 g/mol. The van der Waals surface area contributed by atoms with Crippen LogP contribution in [0.5, 0.6) is 0 Å². The molecule has 2 aromatic carbocycles. The Morgan fingerprint density at radius 1 is 1.19 bits per heavy atom. The average molecular weight is 457 g/mol. The largest absolute Gasteiger partial charge is 0.382 e. The molecule has 2 saturated heterocycles. The Morgan fingerprint density at radius 3 is 2.72 bits per heavy atom. The number of halogens is 2. The number of benzene rings is 2. The van der Waals surface area contributed by atoms with Gasteiger partial charge in [-0.1, -0.05) is 36.4 Å². The van der Waals surface area contributed by atoms with E-state index in [1.807, 2.05) is 6.07 Å². The average Bonchev–Trinajstić information content (AvgIpc) is 2.76. The van der Waals surface area contributed by atoms with E-state index in [4.69, 9.17) is 11.6 Å². The molecule has 172 valence electrons. The molecule has 2 aliphatic rings. The molecule has 0 bridgehead atoms. The van der Waals surface area contributed by atoms with Crippen LogP contribution in [0.4, 0.5) is 10.1 Å². The highest BCUT2D eigenvalue weighted by Crippen LogP contribution is 2.24. The Kier molecular flexibility index (Phi) is 7.71. The summed E-state index contributed by atoms with van der Waals surface area (Å²) in [6, 6.07) is 14.1. The predicted molar refractivity (Wildman–Crippen MR) is 132 cm³/mol. The zero-order valence-corrected chi connectivity index (χ0v) is 19.7. The van der Waals surface area contributed by atoms with Crippen molar-refractivity contribution >= 4 is 17.3 Å². The van der Waals surface area contributed by atoms with Crippen molar-refractivity contribution in [3.63, 3.8) is 0 Å². The van der Waals surface area contributed by atoms with E-state index in [-0.39, 0.29) is 5.82 Å². The standard InChI is InChI=1S/C26H34ClFN4/c1-19-17-31(13-10-29-19)18-22-7-6-21(15-26(22)27)14-20(2)32-11-8-24(9-12-32)30-25-5-3-4-23(28)16-25/h3-7,15-16,19,24,29-30H,2,8-14,17-18H2,1H3/t19-/m0/s1. The fourth-order valence-electron chi connectivity index (χ4n) is 4.73. The van der Waals surface area contributed by atoms with Crippen LogP contribution in [0.2, 0.25) is 5.02 Å². The van der Waals surface area contributed by atoms with Crippen LogP contribution >= 0.6 is 11.6 Å². The number of allylic oxidation sites excluding steroid dienone is 1. The second kappa shape index (κ2) is 10.7. The van der Waals surface area contributed by atoms with E-state index in [9.17, 15) is 4.39 Å². The van der Waals surface area contributed by atoms with Gasteiger partial charge in [-0.05, 0) is 55.2 Å². The van der Waals surface area contributed by atoms with Gasteiger partial charge in [-0.2, -0.15) is 0 Å². The molecule has 0 spiro atoms. The minimum atomic E-state index is -0.201. The molecular formula is C26H34ClFN4. The molecule has 2 aliphatic heterocycles. The topological polar surface area (TPSA) is 30.5 Å². The van der Waals surface area contributed by atoms with Crippen molar-refractivity contribution < 1.29 is 4.39 Å². The number of piperidine rings is 1. The van der Waals surface area contributed by atoms with Gasteiger partial charge in [0.25, 0.3) is 0 Å². The minimum absolute atomic E-state index is 0.201. The van der Waals surface area contributed by atoms with Crippen molar-refractivity contribution in [1.29, 1.82) is 0 Å². The quantitative estimate of drug-likeness (QED) is 0.620. The van der Waals surface area contributed by atoms with Crippen LogP contribution < -0.4 is 10.6 Å². The fraction of sp³-hybridized carbons (Fsp3) is 0.462. The molecule has 6 heteroatoms. The van der Waals surface area contributed by atoms with E-state index in [1.165, 1.54) is 17.2 Å². The summed E-state index contributed by atoms with van der Waals surface area (Å²) >= 11 is 6.64. The first-order valence-corrected chi connectivity index (χ1v) is 12.0. The van der Waals surface area contributed by atoms with Crippen LogP contribution in [0.1, 0.15) is 30.9 Å². The van der Waals surface area contributed by atoms with E-state index >= 15 is 0 Å². The number of nitrogens with one attached hydrogen (secondary N) is 2. The molecule has 2 aromatic rings. The second-order valence-corrected chi connectivity index (χ2v) is 9.58. The van der Waals surface area contributed by atoms with Crippen LogP contribution in [0.3, 0.4) is 0 Å². The Hall–Kier alpha value is -2.08. The van der Waals surface area contributed by atoms with Gasteiger partial charge in [0.05, 0.1) is 0 Å². The fourth-order valence-corrected chi connectivity index (χ4v) is 4.99. The van der Waals surface area contributed by atoms with E-state index in [0.717, 1.165) is 74.9 Å². The van der Waals surface area contributed by atoms with Crippen molar-refractivity contribution in [2.45, 2.75) is 44.8 Å². The van der Waals surface area contributed by atoms with Gasteiger partial charge in [-0.15, -0.1) is 0 Å². The SMILES string of the molecule is C=C(Cc1ccc(CN2CCN[C@@H](C)C2)c(Cl)c1)N1CCC(Nc2cccc(F)c2)CC1. The summed E-state index contributed by atoms with van der Waals surface area (Å²) in [5.74, 6) is -0.201. The molecule has 0 aromatic heterocycles. The number of likely N-dealkylation sites (tertiary alicyclic amines) is 1. The van der Waals surface area contributed by atoms with Crippen molar-refractivity contribution in [2.24, 2.45) is 0 Å². The predicted octanol–water partition coefficient (Wildman–Crippen LogP) is 4.91. The molecular weight excluding hydrogens is 423 g/mol. The van der Waals surface area contributed by atoms with E-state index in [1.54, 1.807) is 12.1 Å². The van der Waals surface area contributed by atoms with E-state index in [0.29, 0.717) is 12.1 Å². The zero-order chi connectivity index (χ0) is 22.5. The van der Waals surface area contributed by atoms with Crippen LogP contribution in [-0.2, 0) is 13.0 Å². The molecule has 0 saturated carbocycles. The lowest BCUT2D eigenvalue weighted by Gasteiger charge is -2.35. The highest BCUT2D eigenvalue weighted by Gasteiger charge is 2.21. The van der Waals surface area contributed by atoms with E-state index < -0.39 is 0 Å². The molecule has 1 atom stereocenters.